The molecule has 1 heteroatoms. The summed E-state index contributed by atoms with van der Waals surface area (Å²) in [6.07, 6.45) is 6.98. The highest BCUT2D eigenvalue weighted by molar-refractivity contribution is 4.78. The number of rotatable bonds is 4. The third kappa shape index (κ3) is 3.24. The molecule has 0 aromatic rings. The maximum Gasteiger partial charge on any atom is 0.00701 e. The molecule has 0 aromatic carbocycles. The van der Waals surface area contributed by atoms with E-state index in [1.807, 2.05) is 0 Å². The molecule has 1 nitrogen and oxygen atoms in total. The molecule has 66 valence electrons. The van der Waals surface area contributed by atoms with Crippen LogP contribution in [0.5, 0.6) is 0 Å². The molecule has 1 saturated heterocycles. The SMILES string of the molecule is CCCCC[C@H]1C[C@H](C)CN1. The minimum absolute atomic E-state index is 0.844. The Morgan fingerprint density at radius 3 is 2.73 bits per heavy atom. The first kappa shape index (κ1) is 9.05. The Labute approximate surface area is 70.6 Å². The average molecular weight is 155 g/mol. The summed E-state index contributed by atoms with van der Waals surface area (Å²) in [5.41, 5.74) is 0. The van der Waals surface area contributed by atoms with Crippen molar-refractivity contribution in [2.24, 2.45) is 5.92 Å². The van der Waals surface area contributed by atoms with Crippen LogP contribution in [0.15, 0.2) is 0 Å². The Kier molecular flexibility index (Phi) is 3.92. The van der Waals surface area contributed by atoms with Crippen LogP contribution < -0.4 is 5.32 Å². The lowest BCUT2D eigenvalue weighted by Gasteiger charge is -2.08. The van der Waals surface area contributed by atoms with Gasteiger partial charge in [0.05, 0.1) is 0 Å². The Morgan fingerprint density at radius 1 is 1.36 bits per heavy atom. The van der Waals surface area contributed by atoms with Crippen molar-refractivity contribution < 1.29 is 0 Å². The molecule has 0 bridgehead atoms. The van der Waals surface area contributed by atoms with Gasteiger partial charge in [0.1, 0.15) is 0 Å². The number of hydrogen-bond acceptors (Lipinski definition) is 1. The summed E-state index contributed by atoms with van der Waals surface area (Å²) >= 11 is 0. The lowest BCUT2D eigenvalue weighted by molar-refractivity contribution is 0.510. The molecule has 0 aromatic heterocycles. The molecule has 0 radical (unpaired) electrons. The Hall–Kier alpha value is -0.0400. The molecule has 1 aliphatic rings. The molecule has 1 heterocycles. The highest BCUT2D eigenvalue weighted by Gasteiger charge is 2.19. The fraction of sp³-hybridized carbons (Fsp3) is 1.00. The number of hydrogen-bond donors (Lipinski definition) is 1. The van der Waals surface area contributed by atoms with E-state index in [4.69, 9.17) is 0 Å². The van der Waals surface area contributed by atoms with E-state index < -0.39 is 0 Å². The van der Waals surface area contributed by atoms with E-state index >= 15 is 0 Å². The standard InChI is InChI=1S/C10H21N/c1-3-4-5-6-10-7-9(2)8-11-10/h9-11H,3-8H2,1-2H3/t9-,10-/m0/s1. The van der Waals surface area contributed by atoms with Gasteiger partial charge < -0.3 is 5.32 Å². The van der Waals surface area contributed by atoms with Gasteiger partial charge in [0.2, 0.25) is 0 Å². The molecule has 1 fully saturated rings. The lowest BCUT2D eigenvalue weighted by Crippen LogP contribution is -2.20. The quantitative estimate of drug-likeness (QED) is 0.615. The zero-order valence-electron chi connectivity index (χ0n) is 7.90. The molecular formula is C10H21N. The van der Waals surface area contributed by atoms with Crippen LogP contribution in [-0.2, 0) is 0 Å². The van der Waals surface area contributed by atoms with Crippen LogP contribution in [0, 0.1) is 5.92 Å². The topological polar surface area (TPSA) is 12.0 Å². The van der Waals surface area contributed by atoms with Crippen molar-refractivity contribution in [2.45, 2.75) is 52.0 Å². The van der Waals surface area contributed by atoms with Gasteiger partial charge in [0.25, 0.3) is 0 Å². The molecule has 0 saturated carbocycles. The van der Waals surface area contributed by atoms with Crippen LogP contribution >= 0.6 is 0 Å². The number of nitrogens with one attached hydrogen (secondary N) is 1. The van der Waals surface area contributed by atoms with Crippen molar-refractivity contribution in [3.63, 3.8) is 0 Å². The lowest BCUT2D eigenvalue weighted by atomic mass is 10.0. The van der Waals surface area contributed by atoms with Crippen molar-refractivity contribution in [2.75, 3.05) is 6.54 Å². The van der Waals surface area contributed by atoms with E-state index in [9.17, 15) is 0 Å². The zero-order valence-corrected chi connectivity index (χ0v) is 7.90. The highest BCUT2D eigenvalue weighted by Crippen LogP contribution is 2.17. The average Bonchev–Trinajstić information content (AvgIpc) is 2.37. The van der Waals surface area contributed by atoms with Crippen molar-refractivity contribution in [1.82, 2.24) is 5.32 Å². The largest absolute Gasteiger partial charge is 0.314 e. The molecule has 1 N–H and O–H groups in total. The van der Waals surface area contributed by atoms with E-state index in [2.05, 4.69) is 19.2 Å². The van der Waals surface area contributed by atoms with E-state index in [-0.39, 0.29) is 0 Å². The van der Waals surface area contributed by atoms with Crippen LogP contribution in [0.2, 0.25) is 0 Å². The molecule has 0 aliphatic carbocycles. The minimum atomic E-state index is 0.844. The van der Waals surface area contributed by atoms with Gasteiger partial charge in [-0.2, -0.15) is 0 Å². The molecule has 1 rings (SSSR count). The summed E-state index contributed by atoms with van der Waals surface area (Å²) in [6.45, 7) is 5.86. The second-order valence-corrected chi connectivity index (χ2v) is 3.94. The van der Waals surface area contributed by atoms with Gasteiger partial charge >= 0.3 is 0 Å². The minimum Gasteiger partial charge on any atom is -0.314 e. The molecule has 2 atom stereocenters. The first-order chi connectivity index (χ1) is 5.33. The van der Waals surface area contributed by atoms with Crippen LogP contribution in [0.1, 0.15) is 46.0 Å². The molecular weight excluding hydrogens is 134 g/mol. The first-order valence-corrected chi connectivity index (χ1v) is 5.06. The van der Waals surface area contributed by atoms with Gasteiger partial charge in [-0.25, -0.2) is 0 Å². The first-order valence-electron chi connectivity index (χ1n) is 5.06. The normalized spacial score (nSPS) is 31.1. The maximum absolute atomic E-state index is 3.57. The van der Waals surface area contributed by atoms with E-state index in [0.29, 0.717) is 0 Å². The fourth-order valence-corrected chi connectivity index (χ4v) is 1.88. The van der Waals surface area contributed by atoms with Crippen molar-refractivity contribution in [3.05, 3.63) is 0 Å². The predicted molar refractivity (Wildman–Crippen MR) is 49.7 cm³/mol. The van der Waals surface area contributed by atoms with E-state index in [0.717, 1.165) is 12.0 Å². The zero-order chi connectivity index (χ0) is 8.10. The third-order valence-corrected chi connectivity index (χ3v) is 2.60. The van der Waals surface area contributed by atoms with Crippen LogP contribution in [-0.4, -0.2) is 12.6 Å². The maximum atomic E-state index is 3.57. The number of unbranched alkanes of at least 4 members (excludes halogenated alkanes) is 2. The Bertz CT molecular complexity index is 101. The summed E-state index contributed by atoms with van der Waals surface area (Å²) < 4.78 is 0. The fourth-order valence-electron chi connectivity index (χ4n) is 1.88. The van der Waals surface area contributed by atoms with E-state index in [1.54, 1.807) is 0 Å². The van der Waals surface area contributed by atoms with Gasteiger partial charge in [0, 0.05) is 6.04 Å². The van der Waals surface area contributed by atoms with Crippen molar-refractivity contribution in [1.29, 1.82) is 0 Å². The van der Waals surface area contributed by atoms with Crippen LogP contribution in [0.4, 0.5) is 0 Å². The molecule has 0 unspecified atom stereocenters. The van der Waals surface area contributed by atoms with Gasteiger partial charge in [-0.3, -0.25) is 0 Å². The van der Waals surface area contributed by atoms with Crippen molar-refractivity contribution in [3.8, 4) is 0 Å². The van der Waals surface area contributed by atoms with Gasteiger partial charge in [-0.05, 0) is 25.3 Å². The summed E-state index contributed by atoms with van der Waals surface area (Å²) in [5.74, 6) is 0.918. The summed E-state index contributed by atoms with van der Waals surface area (Å²) in [4.78, 5) is 0. The second kappa shape index (κ2) is 4.76. The monoisotopic (exact) mass is 155 g/mol. The summed E-state index contributed by atoms with van der Waals surface area (Å²) in [6, 6.07) is 0.844. The Morgan fingerprint density at radius 2 is 2.18 bits per heavy atom. The highest BCUT2D eigenvalue weighted by atomic mass is 14.9. The summed E-state index contributed by atoms with van der Waals surface area (Å²) in [5, 5.41) is 3.57. The molecule has 0 amide bonds. The molecule has 1 aliphatic heterocycles. The van der Waals surface area contributed by atoms with Crippen LogP contribution in [0.25, 0.3) is 0 Å². The van der Waals surface area contributed by atoms with E-state index in [1.165, 1.54) is 38.6 Å². The smallest absolute Gasteiger partial charge is 0.00701 e. The van der Waals surface area contributed by atoms with Crippen molar-refractivity contribution >= 4 is 0 Å². The summed E-state index contributed by atoms with van der Waals surface area (Å²) in [7, 11) is 0. The second-order valence-electron chi connectivity index (χ2n) is 3.94. The van der Waals surface area contributed by atoms with Crippen LogP contribution in [0.3, 0.4) is 0 Å². The molecule has 11 heavy (non-hydrogen) atoms. The van der Waals surface area contributed by atoms with Gasteiger partial charge in [-0.1, -0.05) is 33.1 Å². The Balaban J connectivity index is 1.99. The van der Waals surface area contributed by atoms with Gasteiger partial charge in [-0.15, -0.1) is 0 Å². The molecule has 0 spiro atoms. The van der Waals surface area contributed by atoms with Gasteiger partial charge in [0.15, 0.2) is 0 Å². The third-order valence-electron chi connectivity index (χ3n) is 2.60. The predicted octanol–water partition coefficient (Wildman–Crippen LogP) is 2.56.